The lowest BCUT2D eigenvalue weighted by Gasteiger charge is -2.26. The Kier molecular flexibility index (Phi) is 5.39. The highest BCUT2D eigenvalue weighted by Crippen LogP contribution is 2.19. The van der Waals surface area contributed by atoms with E-state index in [4.69, 9.17) is 0 Å². The van der Waals surface area contributed by atoms with Crippen molar-refractivity contribution in [3.63, 3.8) is 0 Å². The van der Waals surface area contributed by atoms with E-state index in [2.05, 4.69) is 10.6 Å². The quantitative estimate of drug-likeness (QED) is 0.844. The minimum Gasteiger partial charge on any atom is -0.355 e. The maximum Gasteiger partial charge on any atom is 0.263 e. The lowest BCUT2D eigenvalue weighted by Crippen LogP contribution is -2.40. The van der Waals surface area contributed by atoms with Crippen LogP contribution in [0.4, 0.5) is 4.39 Å². The summed E-state index contributed by atoms with van der Waals surface area (Å²) in [4.78, 5) is 37.3. The third-order valence-corrected chi connectivity index (χ3v) is 4.87. The molecule has 0 radical (unpaired) electrons. The van der Waals surface area contributed by atoms with Gasteiger partial charge in [0.1, 0.15) is 11.4 Å². The first-order valence-electron chi connectivity index (χ1n) is 8.92. The number of benzene rings is 1. The van der Waals surface area contributed by atoms with E-state index in [1.54, 1.807) is 25.1 Å². The first kappa shape index (κ1) is 18.8. The van der Waals surface area contributed by atoms with Gasteiger partial charge in [0.25, 0.3) is 17.4 Å². The second kappa shape index (κ2) is 7.73. The van der Waals surface area contributed by atoms with E-state index in [1.807, 2.05) is 0 Å². The SMILES string of the molecule is CNC(=O)c1cc(C(=O)NC2CCC2)cn(Cc2cccc(C)c2F)c1=O. The number of nitrogens with one attached hydrogen (secondary N) is 2. The van der Waals surface area contributed by atoms with Gasteiger partial charge in [-0.2, -0.15) is 0 Å². The third kappa shape index (κ3) is 3.92. The molecule has 0 aliphatic heterocycles. The second-order valence-corrected chi connectivity index (χ2v) is 6.80. The zero-order valence-electron chi connectivity index (χ0n) is 15.3. The van der Waals surface area contributed by atoms with Crippen molar-refractivity contribution in [1.82, 2.24) is 15.2 Å². The third-order valence-electron chi connectivity index (χ3n) is 4.87. The molecule has 0 atom stereocenters. The monoisotopic (exact) mass is 371 g/mol. The van der Waals surface area contributed by atoms with Crippen LogP contribution in [0.15, 0.2) is 35.3 Å². The fourth-order valence-corrected chi connectivity index (χ4v) is 3.01. The molecule has 0 bridgehead atoms. The Hall–Kier alpha value is -2.96. The Balaban J connectivity index is 2.01. The van der Waals surface area contributed by atoms with Crippen molar-refractivity contribution in [2.24, 2.45) is 0 Å². The molecule has 1 fully saturated rings. The number of carbonyl (C=O) groups excluding carboxylic acids is 2. The molecule has 27 heavy (non-hydrogen) atoms. The van der Waals surface area contributed by atoms with Gasteiger partial charge in [-0.25, -0.2) is 4.39 Å². The fraction of sp³-hybridized carbons (Fsp3) is 0.350. The molecule has 2 aromatic rings. The number of carbonyl (C=O) groups is 2. The lowest BCUT2D eigenvalue weighted by molar-refractivity contribution is 0.0916. The Morgan fingerprint density at radius 3 is 2.63 bits per heavy atom. The standard InChI is InChI=1S/C20H22FN3O3/c1-12-5-3-6-13(17(12)21)10-24-11-14(18(25)23-15-7-4-8-15)9-16(20(24)27)19(26)22-2/h3,5-6,9,11,15H,4,7-8,10H2,1-2H3,(H,22,26)(H,23,25). The molecular formula is C20H22FN3O3. The summed E-state index contributed by atoms with van der Waals surface area (Å²) in [5.74, 6) is -1.34. The molecule has 142 valence electrons. The number of hydrogen-bond acceptors (Lipinski definition) is 3. The summed E-state index contributed by atoms with van der Waals surface area (Å²) >= 11 is 0. The van der Waals surface area contributed by atoms with Gasteiger partial charge >= 0.3 is 0 Å². The van der Waals surface area contributed by atoms with Crippen molar-refractivity contribution in [3.05, 3.63) is 68.9 Å². The van der Waals surface area contributed by atoms with Gasteiger partial charge in [-0.1, -0.05) is 18.2 Å². The highest BCUT2D eigenvalue weighted by atomic mass is 19.1. The van der Waals surface area contributed by atoms with E-state index in [-0.39, 0.29) is 29.6 Å². The Morgan fingerprint density at radius 2 is 2.00 bits per heavy atom. The van der Waals surface area contributed by atoms with Crippen molar-refractivity contribution in [2.45, 2.75) is 38.8 Å². The van der Waals surface area contributed by atoms with Crippen LogP contribution < -0.4 is 16.2 Å². The van der Waals surface area contributed by atoms with E-state index in [0.29, 0.717) is 11.1 Å². The van der Waals surface area contributed by atoms with Crippen LogP contribution in [0.1, 0.15) is 51.1 Å². The van der Waals surface area contributed by atoms with Gasteiger partial charge in [-0.3, -0.25) is 14.4 Å². The predicted octanol–water partition coefficient (Wildman–Crippen LogP) is 1.99. The number of rotatable bonds is 5. The van der Waals surface area contributed by atoms with E-state index in [9.17, 15) is 18.8 Å². The van der Waals surface area contributed by atoms with Crippen molar-refractivity contribution in [2.75, 3.05) is 7.05 Å². The van der Waals surface area contributed by atoms with Gasteiger partial charge in [0.15, 0.2) is 0 Å². The maximum absolute atomic E-state index is 14.4. The Labute approximate surface area is 156 Å². The average Bonchev–Trinajstić information content (AvgIpc) is 2.62. The normalized spacial score (nSPS) is 13.7. The molecule has 2 amide bonds. The van der Waals surface area contributed by atoms with Gasteiger partial charge < -0.3 is 15.2 Å². The Morgan fingerprint density at radius 1 is 1.26 bits per heavy atom. The van der Waals surface area contributed by atoms with E-state index in [1.165, 1.54) is 23.9 Å². The highest BCUT2D eigenvalue weighted by molar-refractivity contribution is 5.99. The zero-order valence-corrected chi connectivity index (χ0v) is 15.3. The lowest BCUT2D eigenvalue weighted by atomic mass is 9.93. The molecule has 0 saturated heterocycles. The van der Waals surface area contributed by atoms with Gasteiger partial charge in [-0.05, 0) is 37.8 Å². The van der Waals surface area contributed by atoms with Gasteiger partial charge in [-0.15, -0.1) is 0 Å². The van der Waals surface area contributed by atoms with Crippen LogP contribution in [0, 0.1) is 12.7 Å². The molecule has 1 aromatic heterocycles. The fourth-order valence-electron chi connectivity index (χ4n) is 3.01. The number of halogens is 1. The zero-order chi connectivity index (χ0) is 19.6. The largest absolute Gasteiger partial charge is 0.355 e. The number of aromatic nitrogens is 1. The van der Waals surface area contributed by atoms with Crippen LogP contribution in [0.25, 0.3) is 0 Å². The molecule has 1 heterocycles. The van der Waals surface area contributed by atoms with Gasteiger partial charge in [0.2, 0.25) is 0 Å². The van der Waals surface area contributed by atoms with Crippen molar-refractivity contribution >= 4 is 11.8 Å². The molecule has 2 N–H and O–H groups in total. The van der Waals surface area contributed by atoms with E-state index >= 15 is 0 Å². The summed E-state index contributed by atoms with van der Waals surface area (Å²) in [5, 5.41) is 5.29. The molecule has 0 spiro atoms. The topological polar surface area (TPSA) is 80.2 Å². The van der Waals surface area contributed by atoms with Crippen LogP contribution in [0.3, 0.4) is 0 Å². The van der Waals surface area contributed by atoms with Gasteiger partial charge in [0, 0.05) is 24.8 Å². The van der Waals surface area contributed by atoms with Crippen molar-refractivity contribution in [3.8, 4) is 0 Å². The molecule has 6 nitrogen and oxygen atoms in total. The van der Waals surface area contributed by atoms with Crippen LogP contribution in [0.2, 0.25) is 0 Å². The number of pyridine rings is 1. The molecule has 1 saturated carbocycles. The summed E-state index contributed by atoms with van der Waals surface area (Å²) < 4.78 is 15.6. The number of nitrogens with zero attached hydrogens (tertiary/aromatic N) is 1. The first-order chi connectivity index (χ1) is 12.9. The van der Waals surface area contributed by atoms with Crippen LogP contribution in [-0.2, 0) is 6.54 Å². The number of amides is 2. The minimum absolute atomic E-state index is 0.0686. The predicted molar refractivity (Wildman–Crippen MR) is 99.4 cm³/mol. The minimum atomic E-state index is -0.586. The van der Waals surface area contributed by atoms with Crippen LogP contribution in [0.5, 0.6) is 0 Å². The van der Waals surface area contributed by atoms with Crippen LogP contribution >= 0.6 is 0 Å². The van der Waals surface area contributed by atoms with E-state index < -0.39 is 17.3 Å². The smallest absolute Gasteiger partial charge is 0.263 e. The van der Waals surface area contributed by atoms with E-state index in [0.717, 1.165) is 19.3 Å². The molecular weight excluding hydrogens is 349 g/mol. The maximum atomic E-state index is 14.4. The summed E-state index contributed by atoms with van der Waals surface area (Å²) in [5.41, 5.74) is 0.262. The molecule has 3 rings (SSSR count). The molecule has 1 aromatic carbocycles. The number of aryl methyl sites for hydroxylation is 1. The average molecular weight is 371 g/mol. The molecule has 0 unspecified atom stereocenters. The molecule has 7 heteroatoms. The summed E-state index contributed by atoms with van der Waals surface area (Å²) in [6.07, 6.45) is 4.29. The summed E-state index contributed by atoms with van der Waals surface area (Å²) in [7, 11) is 1.41. The number of hydrogen-bond donors (Lipinski definition) is 2. The van der Waals surface area contributed by atoms with Crippen molar-refractivity contribution < 1.29 is 14.0 Å². The molecule has 1 aliphatic carbocycles. The van der Waals surface area contributed by atoms with Gasteiger partial charge in [0.05, 0.1) is 12.1 Å². The second-order valence-electron chi connectivity index (χ2n) is 6.80. The van der Waals surface area contributed by atoms with Crippen LogP contribution in [-0.4, -0.2) is 29.5 Å². The molecule has 1 aliphatic rings. The summed E-state index contributed by atoms with van der Waals surface area (Å²) in [6.45, 7) is 1.57. The highest BCUT2D eigenvalue weighted by Gasteiger charge is 2.22. The summed E-state index contributed by atoms with van der Waals surface area (Å²) in [6, 6.07) is 6.33. The first-order valence-corrected chi connectivity index (χ1v) is 8.92. The Bertz CT molecular complexity index is 948. The van der Waals surface area contributed by atoms with Crippen molar-refractivity contribution in [1.29, 1.82) is 0 Å².